The third-order valence-electron chi connectivity index (χ3n) is 2.83. The summed E-state index contributed by atoms with van der Waals surface area (Å²) in [6.07, 6.45) is 0. The predicted molar refractivity (Wildman–Crippen MR) is 77.9 cm³/mol. The van der Waals surface area contributed by atoms with Crippen molar-refractivity contribution in [3.8, 4) is 0 Å². The van der Waals surface area contributed by atoms with Crippen molar-refractivity contribution in [2.24, 2.45) is 0 Å². The number of halogens is 1. The fraction of sp³-hybridized carbons (Fsp3) is 0.308. The molecule has 0 saturated heterocycles. The van der Waals surface area contributed by atoms with Crippen molar-refractivity contribution in [1.82, 2.24) is 9.78 Å². The van der Waals surface area contributed by atoms with Crippen molar-refractivity contribution in [3.63, 3.8) is 0 Å². The van der Waals surface area contributed by atoms with Crippen LogP contribution >= 0.6 is 15.9 Å². The van der Waals surface area contributed by atoms with E-state index in [1.54, 1.807) is 28.9 Å². The standard InChI is InChI=1S/C13H15BrN2O2S/c1-10-8-11(2)16(15-10)6-7-19(17,18)13-5-3-4-12(14)9-13/h3-5,8-9H,6-7H2,1-2H3. The summed E-state index contributed by atoms with van der Waals surface area (Å²) in [7, 11) is -3.28. The Morgan fingerprint density at radius 1 is 1.26 bits per heavy atom. The number of aryl methyl sites for hydroxylation is 3. The molecule has 0 aliphatic heterocycles. The minimum absolute atomic E-state index is 0.0470. The minimum Gasteiger partial charge on any atom is -0.269 e. The van der Waals surface area contributed by atoms with Crippen molar-refractivity contribution < 1.29 is 8.42 Å². The van der Waals surface area contributed by atoms with E-state index in [0.717, 1.165) is 15.9 Å². The molecule has 1 heterocycles. The molecule has 0 aliphatic rings. The van der Waals surface area contributed by atoms with E-state index in [1.807, 2.05) is 19.9 Å². The summed E-state index contributed by atoms with van der Waals surface area (Å²) in [6, 6.07) is 8.70. The molecule has 6 heteroatoms. The van der Waals surface area contributed by atoms with Gasteiger partial charge in [0.25, 0.3) is 0 Å². The zero-order valence-corrected chi connectivity index (χ0v) is 13.2. The Bertz CT molecular complexity index is 692. The summed E-state index contributed by atoms with van der Waals surface area (Å²) in [4.78, 5) is 0.336. The Balaban J connectivity index is 2.16. The molecule has 0 radical (unpaired) electrons. The molecular formula is C13H15BrN2O2S. The van der Waals surface area contributed by atoms with Gasteiger partial charge in [-0.05, 0) is 38.1 Å². The van der Waals surface area contributed by atoms with Crippen LogP contribution in [0.25, 0.3) is 0 Å². The van der Waals surface area contributed by atoms with E-state index in [4.69, 9.17) is 0 Å². The first-order valence-corrected chi connectivity index (χ1v) is 8.32. The highest BCUT2D eigenvalue weighted by molar-refractivity contribution is 9.10. The van der Waals surface area contributed by atoms with E-state index < -0.39 is 9.84 Å². The second kappa shape index (κ2) is 5.46. The molecule has 2 aromatic rings. The highest BCUT2D eigenvalue weighted by atomic mass is 79.9. The van der Waals surface area contributed by atoms with Gasteiger partial charge in [-0.3, -0.25) is 4.68 Å². The van der Waals surface area contributed by atoms with Crippen LogP contribution in [0.15, 0.2) is 39.7 Å². The number of sulfone groups is 1. The highest BCUT2D eigenvalue weighted by Crippen LogP contribution is 2.17. The number of aromatic nitrogens is 2. The summed E-state index contributed by atoms with van der Waals surface area (Å²) in [5.74, 6) is 0.0470. The Labute approximate surface area is 121 Å². The lowest BCUT2D eigenvalue weighted by molar-refractivity contribution is 0.576. The maximum atomic E-state index is 12.2. The van der Waals surface area contributed by atoms with E-state index in [9.17, 15) is 8.42 Å². The van der Waals surface area contributed by atoms with Crippen molar-refractivity contribution in [2.75, 3.05) is 5.75 Å². The second-order valence-corrected chi connectivity index (χ2v) is 7.45. The van der Waals surface area contributed by atoms with Crippen LogP contribution in [0.4, 0.5) is 0 Å². The monoisotopic (exact) mass is 342 g/mol. The fourth-order valence-electron chi connectivity index (χ4n) is 1.89. The lowest BCUT2D eigenvalue weighted by Crippen LogP contribution is -2.15. The summed E-state index contributed by atoms with van der Waals surface area (Å²) < 4.78 is 26.9. The van der Waals surface area contributed by atoms with Gasteiger partial charge in [-0.2, -0.15) is 5.10 Å². The van der Waals surface area contributed by atoms with Crippen LogP contribution in [-0.2, 0) is 16.4 Å². The van der Waals surface area contributed by atoms with Crippen molar-refractivity contribution in [3.05, 3.63) is 46.2 Å². The number of hydrogen-bond donors (Lipinski definition) is 0. The Morgan fingerprint density at radius 2 is 2.00 bits per heavy atom. The van der Waals surface area contributed by atoms with Gasteiger partial charge in [0, 0.05) is 10.2 Å². The number of benzene rings is 1. The van der Waals surface area contributed by atoms with E-state index >= 15 is 0 Å². The number of rotatable bonds is 4. The molecule has 0 saturated carbocycles. The first kappa shape index (κ1) is 14.3. The van der Waals surface area contributed by atoms with Gasteiger partial charge in [-0.25, -0.2) is 8.42 Å². The molecule has 1 aromatic carbocycles. The number of hydrogen-bond acceptors (Lipinski definition) is 3. The SMILES string of the molecule is Cc1cc(C)n(CCS(=O)(=O)c2cccc(Br)c2)n1. The summed E-state index contributed by atoms with van der Waals surface area (Å²) in [5, 5.41) is 4.27. The second-order valence-electron chi connectivity index (χ2n) is 4.43. The molecule has 0 spiro atoms. The van der Waals surface area contributed by atoms with Gasteiger partial charge in [0.2, 0.25) is 0 Å². The van der Waals surface area contributed by atoms with E-state index in [0.29, 0.717) is 11.4 Å². The quantitative estimate of drug-likeness (QED) is 0.858. The van der Waals surface area contributed by atoms with Crippen LogP contribution in [0.2, 0.25) is 0 Å². The lowest BCUT2D eigenvalue weighted by atomic mass is 10.4. The third-order valence-corrected chi connectivity index (χ3v) is 5.02. The lowest BCUT2D eigenvalue weighted by Gasteiger charge is -2.06. The van der Waals surface area contributed by atoms with Crippen molar-refractivity contribution >= 4 is 25.8 Å². The van der Waals surface area contributed by atoms with E-state index in [-0.39, 0.29) is 5.75 Å². The van der Waals surface area contributed by atoms with Gasteiger partial charge >= 0.3 is 0 Å². The van der Waals surface area contributed by atoms with Crippen molar-refractivity contribution in [1.29, 1.82) is 0 Å². The van der Waals surface area contributed by atoms with Gasteiger partial charge < -0.3 is 0 Å². The van der Waals surface area contributed by atoms with E-state index in [2.05, 4.69) is 21.0 Å². The molecule has 0 atom stereocenters. The molecule has 4 nitrogen and oxygen atoms in total. The van der Waals surface area contributed by atoms with Crippen LogP contribution in [0, 0.1) is 13.8 Å². The molecule has 1 aromatic heterocycles. The van der Waals surface area contributed by atoms with Gasteiger partial charge in [0.1, 0.15) is 0 Å². The molecular weight excluding hydrogens is 328 g/mol. The largest absolute Gasteiger partial charge is 0.269 e. The molecule has 0 aliphatic carbocycles. The van der Waals surface area contributed by atoms with Gasteiger partial charge in [-0.15, -0.1) is 0 Å². The molecule has 0 unspecified atom stereocenters. The summed E-state index contributed by atoms with van der Waals surface area (Å²) >= 11 is 3.28. The van der Waals surface area contributed by atoms with Crippen LogP contribution in [-0.4, -0.2) is 24.0 Å². The van der Waals surface area contributed by atoms with Crippen LogP contribution in [0.3, 0.4) is 0 Å². The molecule has 0 fully saturated rings. The Hall–Kier alpha value is -1.14. The fourth-order valence-corrected chi connectivity index (χ4v) is 3.68. The van der Waals surface area contributed by atoms with Gasteiger partial charge in [-0.1, -0.05) is 22.0 Å². The van der Waals surface area contributed by atoms with E-state index in [1.165, 1.54) is 0 Å². The average Bonchev–Trinajstić information content (AvgIpc) is 2.65. The zero-order chi connectivity index (χ0) is 14.0. The van der Waals surface area contributed by atoms with Crippen molar-refractivity contribution in [2.45, 2.75) is 25.3 Å². The van der Waals surface area contributed by atoms with Gasteiger partial charge in [0.05, 0.1) is 22.9 Å². The first-order valence-electron chi connectivity index (χ1n) is 5.88. The molecule has 0 bridgehead atoms. The van der Waals surface area contributed by atoms with Crippen LogP contribution in [0.5, 0.6) is 0 Å². The van der Waals surface area contributed by atoms with Crippen LogP contribution < -0.4 is 0 Å². The maximum Gasteiger partial charge on any atom is 0.180 e. The first-order chi connectivity index (χ1) is 8.88. The Morgan fingerprint density at radius 3 is 2.58 bits per heavy atom. The third kappa shape index (κ3) is 3.45. The molecule has 102 valence electrons. The average molecular weight is 343 g/mol. The molecule has 0 N–H and O–H groups in total. The maximum absolute atomic E-state index is 12.2. The summed E-state index contributed by atoms with van der Waals surface area (Å²) in [6.45, 7) is 4.19. The van der Waals surface area contributed by atoms with Crippen LogP contribution in [0.1, 0.15) is 11.4 Å². The molecule has 2 rings (SSSR count). The highest BCUT2D eigenvalue weighted by Gasteiger charge is 2.15. The number of nitrogens with zero attached hydrogens (tertiary/aromatic N) is 2. The van der Waals surface area contributed by atoms with Gasteiger partial charge in [0.15, 0.2) is 9.84 Å². The minimum atomic E-state index is -3.28. The smallest absolute Gasteiger partial charge is 0.180 e. The normalized spacial score (nSPS) is 11.7. The topological polar surface area (TPSA) is 52.0 Å². The zero-order valence-electron chi connectivity index (χ0n) is 10.8. The predicted octanol–water partition coefficient (Wildman–Crippen LogP) is 2.74. The Kier molecular flexibility index (Phi) is 4.10. The molecule has 0 amide bonds. The molecule has 19 heavy (non-hydrogen) atoms. The summed E-state index contributed by atoms with van der Waals surface area (Å²) in [5.41, 5.74) is 1.87.